The van der Waals surface area contributed by atoms with E-state index >= 15 is 0 Å². The van der Waals surface area contributed by atoms with Crippen molar-refractivity contribution in [3.05, 3.63) is 98.1 Å². The third-order valence-corrected chi connectivity index (χ3v) is 3.10. The minimum absolute atomic E-state index is 0. The number of fused-ring (bicyclic) bond motifs is 2. The molecule has 0 saturated heterocycles. The van der Waals surface area contributed by atoms with Crippen molar-refractivity contribution in [2.24, 2.45) is 0 Å². The average molecular weight is 352 g/mol. The zero-order chi connectivity index (χ0) is 14.2. The normalized spacial score (nSPS) is 8.95. The smallest absolute Gasteiger partial charge is 1.00 e. The Morgan fingerprint density at radius 3 is 1.38 bits per heavy atom. The topological polar surface area (TPSA) is 0 Å². The Hall–Kier alpha value is -1.72. The molecule has 4 rings (SSSR count). The molecule has 0 nitrogen and oxygen atoms in total. The van der Waals surface area contributed by atoms with Crippen LogP contribution in [0.2, 0.25) is 0 Å². The molecule has 0 unspecified atom stereocenters. The predicted molar refractivity (Wildman–Crippen MR) is 92.6 cm³/mol. The van der Waals surface area contributed by atoms with E-state index in [0.29, 0.717) is 0 Å². The van der Waals surface area contributed by atoms with E-state index in [2.05, 4.69) is 98.1 Å². The summed E-state index contributed by atoms with van der Waals surface area (Å²) in [7, 11) is 0. The van der Waals surface area contributed by atoms with Gasteiger partial charge in [0.05, 0.1) is 0 Å². The molecule has 0 radical (unpaired) electrons. The summed E-state index contributed by atoms with van der Waals surface area (Å²) in [5.74, 6) is 0. The van der Waals surface area contributed by atoms with Crippen LogP contribution >= 0.6 is 0 Å². The molecule has 21 heavy (non-hydrogen) atoms. The molecule has 4 aromatic carbocycles. The van der Waals surface area contributed by atoms with Crippen LogP contribution in [0.3, 0.4) is 0 Å². The first-order valence-electron chi connectivity index (χ1n) is 6.64. The molecule has 104 valence electrons. The number of hydrogen-bond acceptors (Lipinski definition) is 0. The quantitative estimate of drug-likeness (QED) is 0.263. The van der Waals surface area contributed by atoms with E-state index in [0.717, 1.165) is 0 Å². The third-order valence-electron chi connectivity index (χ3n) is 3.10. The largest absolute Gasteiger partial charge is 4.00 e. The van der Waals surface area contributed by atoms with Crippen LogP contribution in [0.25, 0.3) is 21.5 Å². The van der Waals surface area contributed by atoms with Crippen LogP contribution in [0.15, 0.2) is 98.1 Å². The van der Waals surface area contributed by atoms with Crippen LogP contribution in [0.5, 0.6) is 0 Å². The van der Waals surface area contributed by atoms with Crippen molar-refractivity contribution >= 4 is 21.5 Å². The maximum Gasteiger partial charge on any atom is 4.00 e. The molecular formula is C20H20Zr. The third kappa shape index (κ3) is 4.65. The Kier molecular flexibility index (Phi) is 7.65. The van der Waals surface area contributed by atoms with Crippen molar-refractivity contribution < 1.29 is 29.1 Å². The second-order valence-corrected chi connectivity index (χ2v) is 4.31. The molecule has 0 aliphatic rings. The summed E-state index contributed by atoms with van der Waals surface area (Å²) in [5, 5.41) is 5.32. The second-order valence-electron chi connectivity index (χ2n) is 4.31. The zero-order valence-electron chi connectivity index (χ0n) is 14.0. The molecule has 0 saturated carbocycles. The van der Waals surface area contributed by atoms with Gasteiger partial charge in [-0.15, -0.1) is 72.5 Å². The van der Waals surface area contributed by atoms with Gasteiger partial charge < -0.3 is 2.85 Å². The molecule has 1 heteroatoms. The Balaban J connectivity index is 0. The van der Waals surface area contributed by atoms with E-state index in [1.807, 2.05) is 0 Å². The molecule has 0 aliphatic carbocycles. The Morgan fingerprint density at radius 2 is 1.00 bits per heavy atom. The molecular weight excluding hydrogens is 331 g/mol. The van der Waals surface area contributed by atoms with Crippen LogP contribution in [0.4, 0.5) is 0 Å². The Morgan fingerprint density at radius 1 is 0.619 bits per heavy atom. The van der Waals surface area contributed by atoms with Crippen LogP contribution < -0.4 is 0 Å². The van der Waals surface area contributed by atoms with Crippen molar-refractivity contribution in [3.8, 4) is 0 Å². The van der Waals surface area contributed by atoms with E-state index in [-0.39, 0.29) is 29.1 Å². The average Bonchev–Trinajstić information content (AvgIpc) is 3.18. The van der Waals surface area contributed by atoms with Crippen LogP contribution in [0.1, 0.15) is 2.85 Å². The molecule has 4 aromatic rings. The summed E-state index contributed by atoms with van der Waals surface area (Å²) >= 11 is 0. The summed E-state index contributed by atoms with van der Waals surface area (Å²) in [6.07, 6.45) is 0. The van der Waals surface area contributed by atoms with E-state index < -0.39 is 0 Å². The number of benzene rings is 2. The monoisotopic (exact) mass is 350 g/mol. The first-order valence-corrected chi connectivity index (χ1v) is 6.64. The van der Waals surface area contributed by atoms with E-state index in [4.69, 9.17) is 0 Å². The summed E-state index contributed by atoms with van der Waals surface area (Å²) in [6, 6.07) is 29.3. The molecule has 0 heterocycles. The van der Waals surface area contributed by atoms with E-state index in [9.17, 15) is 0 Å². The Bertz CT molecular complexity index is 645. The summed E-state index contributed by atoms with van der Waals surface area (Å²) in [4.78, 5) is 0. The second kappa shape index (κ2) is 9.26. The van der Waals surface area contributed by atoms with Crippen molar-refractivity contribution in [2.45, 2.75) is 0 Å². The number of rotatable bonds is 0. The van der Waals surface area contributed by atoms with E-state index in [1.54, 1.807) is 0 Å². The molecule has 0 spiro atoms. The van der Waals surface area contributed by atoms with Crippen molar-refractivity contribution in [3.63, 3.8) is 0 Å². The summed E-state index contributed by atoms with van der Waals surface area (Å²) < 4.78 is 0. The van der Waals surface area contributed by atoms with Crippen molar-refractivity contribution in [1.29, 1.82) is 0 Å². The van der Waals surface area contributed by atoms with Gasteiger partial charge in [0.2, 0.25) is 0 Å². The van der Waals surface area contributed by atoms with Gasteiger partial charge in [-0.3, -0.25) is 0 Å². The minimum Gasteiger partial charge on any atom is -1.00 e. The van der Waals surface area contributed by atoms with Gasteiger partial charge >= 0.3 is 26.2 Å². The van der Waals surface area contributed by atoms with Gasteiger partial charge in [-0.2, -0.15) is 35.0 Å². The maximum atomic E-state index is 3.00. The van der Waals surface area contributed by atoms with Gasteiger partial charge in [0.25, 0.3) is 0 Å². The van der Waals surface area contributed by atoms with Crippen LogP contribution in [-0.4, -0.2) is 0 Å². The van der Waals surface area contributed by atoms with Crippen molar-refractivity contribution in [2.75, 3.05) is 0 Å². The molecule has 0 bridgehead atoms. The first-order chi connectivity index (χ1) is 9.93. The number of hydrogen-bond donors (Lipinski definition) is 0. The molecule has 0 aliphatic heterocycles. The van der Waals surface area contributed by atoms with Gasteiger partial charge in [-0.1, -0.05) is 12.1 Å². The first kappa shape index (κ1) is 17.3. The molecule has 0 atom stereocenters. The van der Waals surface area contributed by atoms with Crippen LogP contribution in [-0.2, 0) is 26.2 Å². The fourth-order valence-corrected chi connectivity index (χ4v) is 2.14. The molecule has 0 fully saturated rings. The van der Waals surface area contributed by atoms with Gasteiger partial charge in [0, 0.05) is 0 Å². The maximum absolute atomic E-state index is 3.00. The predicted octanol–water partition coefficient (Wildman–Crippen LogP) is 6.14. The standard InChI is InChI=1S/2C9H7.C2H4.Zr.2H/c2*1-2-5-9-7-3-6-8(9)4-1;1-2;;;/h2*1-7H;1-2H2;;;/q2*-1;;+4;2*-1. The zero-order valence-corrected chi connectivity index (χ0v) is 14.5. The van der Waals surface area contributed by atoms with Gasteiger partial charge in [-0.05, 0) is 0 Å². The SMILES string of the molecule is C=C.[H-].[H-].[Zr+4].c1ccc2[cH-]ccc2c1.c1ccc2[cH-]ccc2c1. The van der Waals surface area contributed by atoms with Gasteiger partial charge in [0.1, 0.15) is 0 Å². The van der Waals surface area contributed by atoms with Gasteiger partial charge in [0.15, 0.2) is 0 Å². The van der Waals surface area contributed by atoms with Gasteiger partial charge in [-0.25, -0.2) is 0 Å². The molecule has 0 aromatic heterocycles. The summed E-state index contributed by atoms with van der Waals surface area (Å²) in [6.45, 7) is 6.00. The molecule has 0 amide bonds. The minimum atomic E-state index is 0. The fraction of sp³-hybridized carbons (Fsp3) is 0. The fourth-order valence-electron chi connectivity index (χ4n) is 2.14. The Labute approximate surface area is 148 Å². The van der Waals surface area contributed by atoms with Crippen molar-refractivity contribution in [1.82, 2.24) is 0 Å². The van der Waals surface area contributed by atoms with E-state index in [1.165, 1.54) is 21.5 Å². The molecule has 0 N–H and O–H groups in total. The van der Waals surface area contributed by atoms with Crippen LogP contribution in [0, 0.1) is 0 Å². The summed E-state index contributed by atoms with van der Waals surface area (Å²) in [5.41, 5.74) is 0.